The number of anilines is 1. The first-order chi connectivity index (χ1) is 6.63. The maximum atomic E-state index is 11.5. The summed E-state index contributed by atoms with van der Waals surface area (Å²) < 4.78 is 5.77. The molecule has 74 valence electrons. The van der Waals surface area contributed by atoms with Crippen molar-refractivity contribution in [3.8, 4) is 6.01 Å². The van der Waals surface area contributed by atoms with E-state index in [1.807, 2.05) is 0 Å². The second-order valence-corrected chi connectivity index (χ2v) is 2.88. The third-order valence-electron chi connectivity index (χ3n) is 1.98. The lowest BCUT2D eigenvalue weighted by Crippen LogP contribution is -2.38. The summed E-state index contributed by atoms with van der Waals surface area (Å²) in [6, 6.07) is 0.0581. The molecule has 2 heterocycles. The normalized spacial score (nSPS) is 20.3. The SMILES string of the molecule is COc1nc2n(n1)C(=O)C(C)C(=O)N2. The minimum atomic E-state index is -0.742. The molecule has 1 aliphatic heterocycles. The van der Waals surface area contributed by atoms with Crippen molar-refractivity contribution in [1.29, 1.82) is 0 Å². The molecule has 2 rings (SSSR count). The molecule has 0 fully saturated rings. The third-order valence-corrected chi connectivity index (χ3v) is 1.98. The summed E-state index contributed by atoms with van der Waals surface area (Å²) in [6.07, 6.45) is 0. The number of nitrogens with zero attached hydrogens (tertiary/aromatic N) is 3. The predicted octanol–water partition coefficient (Wildman–Crippen LogP) is -0.485. The molecule has 1 amide bonds. The Bertz CT molecular complexity index is 411. The Labute approximate surface area is 79.1 Å². The summed E-state index contributed by atoms with van der Waals surface area (Å²) >= 11 is 0. The first kappa shape index (κ1) is 8.67. The average Bonchev–Trinajstić information content (AvgIpc) is 2.57. The van der Waals surface area contributed by atoms with Gasteiger partial charge in [0.15, 0.2) is 0 Å². The van der Waals surface area contributed by atoms with Crippen molar-refractivity contribution in [3.63, 3.8) is 0 Å². The number of amides is 1. The highest BCUT2D eigenvalue weighted by atomic mass is 16.5. The lowest BCUT2D eigenvalue weighted by molar-refractivity contribution is -0.118. The summed E-state index contributed by atoms with van der Waals surface area (Å²) in [5, 5.41) is 6.20. The predicted molar refractivity (Wildman–Crippen MR) is 45.0 cm³/mol. The lowest BCUT2D eigenvalue weighted by Gasteiger charge is -2.16. The smallest absolute Gasteiger partial charge is 0.337 e. The molecule has 7 nitrogen and oxygen atoms in total. The van der Waals surface area contributed by atoms with Crippen molar-refractivity contribution in [2.45, 2.75) is 6.92 Å². The van der Waals surface area contributed by atoms with E-state index in [0.29, 0.717) is 0 Å². The number of ether oxygens (including phenoxy) is 1. The van der Waals surface area contributed by atoms with Crippen LogP contribution in [0.3, 0.4) is 0 Å². The number of nitrogens with one attached hydrogen (secondary N) is 1. The van der Waals surface area contributed by atoms with Crippen LogP contribution in [0.4, 0.5) is 5.95 Å². The number of carbonyl (C=O) groups is 2. The number of hydrogen-bond donors (Lipinski definition) is 1. The zero-order chi connectivity index (χ0) is 10.3. The fourth-order valence-electron chi connectivity index (χ4n) is 1.13. The van der Waals surface area contributed by atoms with Gasteiger partial charge >= 0.3 is 6.01 Å². The summed E-state index contributed by atoms with van der Waals surface area (Å²) in [5.41, 5.74) is 0. The molecule has 0 saturated carbocycles. The molecule has 0 saturated heterocycles. The van der Waals surface area contributed by atoms with Crippen LogP contribution in [-0.2, 0) is 4.79 Å². The molecule has 1 unspecified atom stereocenters. The van der Waals surface area contributed by atoms with Crippen molar-refractivity contribution in [2.24, 2.45) is 5.92 Å². The molecular weight excluding hydrogens is 188 g/mol. The number of aromatic nitrogens is 3. The highest BCUT2D eigenvalue weighted by Crippen LogP contribution is 2.18. The Hall–Kier alpha value is -1.92. The van der Waals surface area contributed by atoms with E-state index in [4.69, 9.17) is 4.74 Å². The number of rotatable bonds is 1. The van der Waals surface area contributed by atoms with Crippen molar-refractivity contribution in [2.75, 3.05) is 12.4 Å². The van der Waals surface area contributed by atoms with Crippen LogP contribution in [0.15, 0.2) is 0 Å². The van der Waals surface area contributed by atoms with Crippen molar-refractivity contribution >= 4 is 17.8 Å². The summed E-state index contributed by atoms with van der Waals surface area (Å²) in [7, 11) is 1.39. The molecule has 1 aromatic rings. The third kappa shape index (κ3) is 1.05. The number of methoxy groups -OCH3 is 1. The number of fused-ring (bicyclic) bond motifs is 1. The largest absolute Gasteiger partial charge is 0.466 e. The van der Waals surface area contributed by atoms with Crippen LogP contribution < -0.4 is 10.1 Å². The highest BCUT2D eigenvalue weighted by molar-refractivity contribution is 6.10. The molecule has 1 atom stereocenters. The van der Waals surface area contributed by atoms with E-state index < -0.39 is 11.8 Å². The number of carbonyl (C=O) groups excluding carboxylic acids is 2. The fourth-order valence-corrected chi connectivity index (χ4v) is 1.13. The van der Waals surface area contributed by atoms with Crippen LogP contribution >= 0.6 is 0 Å². The first-order valence-corrected chi connectivity index (χ1v) is 3.99. The molecule has 0 spiro atoms. The van der Waals surface area contributed by atoms with Gasteiger partial charge in [0.25, 0.3) is 5.91 Å². The molecule has 0 aliphatic carbocycles. The Morgan fingerprint density at radius 1 is 1.50 bits per heavy atom. The maximum absolute atomic E-state index is 11.5. The van der Waals surface area contributed by atoms with Gasteiger partial charge in [-0.3, -0.25) is 14.9 Å². The van der Waals surface area contributed by atoms with Crippen LogP contribution in [0.1, 0.15) is 11.7 Å². The Kier molecular flexibility index (Phi) is 1.73. The van der Waals surface area contributed by atoms with Crippen molar-refractivity contribution in [1.82, 2.24) is 14.8 Å². The van der Waals surface area contributed by atoms with Gasteiger partial charge in [-0.1, -0.05) is 0 Å². The molecule has 0 aromatic carbocycles. The lowest BCUT2D eigenvalue weighted by atomic mass is 10.1. The zero-order valence-electron chi connectivity index (χ0n) is 7.64. The van der Waals surface area contributed by atoms with Gasteiger partial charge < -0.3 is 4.74 Å². The fraction of sp³-hybridized carbons (Fsp3) is 0.429. The van der Waals surface area contributed by atoms with Crippen LogP contribution in [0.5, 0.6) is 6.01 Å². The molecule has 0 radical (unpaired) electrons. The molecule has 1 aliphatic rings. The summed E-state index contributed by atoms with van der Waals surface area (Å²) in [6.45, 7) is 1.51. The van der Waals surface area contributed by atoms with Crippen molar-refractivity contribution in [3.05, 3.63) is 0 Å². The van der Waals surface area contributed by atoms with Gasteiger partial charge in [0.05, 0.1) is 7.11 Å². The van der Waals surface area contributed by atoms with E-state index in [0.717, 1.165) is 4.68 Å². The van der Waals surface area contributed by atoms with E-state index in [2.05, 4.69) is 15.4 Å². The van der Waals surface area contributed by atoms with Crippen LogP contribution in [0.2, 0.25) is 0 Å². The Morgan fingerprint density at radius 2 is 2.21 bits per heavy atom. The second kappa shape index (κ2) is 2.79. The average molecular weight is 196 g/mol. The van der Waals surface area contributed by atoms with Gasteiger partial charge in [0.1, 0.15) is 5.92 Å². The van der Waals surface area contributed by atoms with Crippen LogP contribution in [-0.4, -0.2) is 33.7 Å². The van der Waals surface area contributed by atoms with Crippen LogP contribution in [0, 0.1) is 5.92 Å². The van der Waals surface area contributed by atoms with E-state index >= 15 is 0 Å². The van der Waals surface area contributed by atoms with Gasteiger partial charge in [-0.25, -0.2) is 0 Å². The van der Waals surface area contributed by atoms with Gasteiger partial charge in [0, 0.05) is 0 Å². The molecular formula is C7H8N4O3. The molecule has 14 heavy (non-hydrogen) atoms. The molecule has 7 heteroatoms. The zero-order valence-corrected chi connectivity index (χ0v) is 7.64. The summed E-state index contributed by atoms with van der Waals surface area (Å²) in [5.74, 6) is -1.42. The quantitative estimate of drug-likeness (QED) is 0.613. The Morgan fingerprint density at radius 3 is 2.86 bits per heavy atom. The van der Waals surface area contributed by atoms with E-state index in [9.17, 15) is 9.59 Å². The molecule has 1 N–H and O–H groups in total. The Balaban J connectivity index is 2.48. The highest BCUT2D eigenvalue weighted by Gasteiger charge is 2.33. The van der Waals surface area contributed by atoms with Gasteiger partial charge in [-0.15, -0.1) is 5.10 Å². The van der Waals surface area contributed by atoms with Crippen LogP contribution in [0.25, 0.3) is 0 Å². The molecule has 1 aromatic heterocycles. The maximum Gasteiger partial charge on any atom is 0.337 e. The summed E-state index contributed by atoms with van der Waals surface area (Å²) in [4.78, 5) is 26.5. The van der Waals surface area contributed by atoms with E-state index in [-0.39, 0.29) is 17.9 Å². The van der Waals surface area contributed by atoms with Crippen molar-refractivity contribution < 1.29 is 14.3 Å². The second-order valence-electron chi connectivity index (χ2n) is 2.88. The van der Waals surface area contributed by atoms with Gasteiger partial charge in [0.2, 0.25) is 11.9 Å². The minimum Gasteiger partial charge on any atom is -0.466 e. The van der Waals surface area contributed by atoms with E-state index in [1.54, 1.807) is 0 Å². The monoisotopic (exact) mass is 196 g/mol. The van der Waals surface area contributed by atoms with E-state index in [1.165, 1.54) is 14.0 Å². The topological polar surface area (TPSA) is 86.1 Å². The molecule has 0 bridgehead atoms. The van der Waals surface area contributed by atoms with Gasteiger partial charge in [-0.05, 0) is 6.92 Å². The van der Waals surface area contributed by atoms with Gasteiger partial charge in [-0.2, -0.15) is 9.67 Å². The minimum absolute atomic E-state index is 0.0581. The first-order valence-electron chi connectivity index (χ1n) is 3.99. The standard InChI is InChI=1S/C7H8N4O3/c1-3-4(12)8-6-9-7(14-2)10-11(6)5(3)13/h3H,1-2H3,(H,8,9,10,12). The number of hydrogen-bond acceptors (Lipinski definition) is 5.